The molecule has 1 aromatic carbocycles. The quantitative estimate of drug-likeness (QED) is 0.929. The molecule has 0 aliphatic carbocycles. The van der Waals surface area contributed by atoms with Crippen molar-refractivity contribution in [3.05, 3.63) is 27.7 Å². The first-order valence-corrected chi connectivity index (χ1v) is 6.18. The van der Waals surface area contributed by atoms with Crippen molar-refractivity contribution in [1.29, 1.82) is 0 Å². The highest BCUT2D eigenvalue weighted by molar-refractivity contribution is 9.10. The van der Waals surface area contributed by atoms with Gasteiger partial charge in [-0.25, -0.2) is 4.68 Å². The average Bonchev–Trinajstić information content (AvgIpc) is 2.77. The third kappa shape index (κ3) is 2.85. The fraction of sp³-hybridized carbons (Fsp3) is 0.200. The van der Waals surface area contributed by atoms with Crippen LogP contribution in [0.15, 0.2) is 22.7 Å². The summed E-state index contributed by atoms with van der Waals surface area (Å²) in [4.78, 5) is 10.5. The van der Waals surface area contributed by atoms with Crippen LogP contribution in [0.1, 0.15) is 6.42 Å². The fourth-order valence-corrected chi connectivity index (χ4v) is 1.98. The highest BCUT2D eigenvalue weighted by atomic mass is 79.9. The summed E-state index contributed by atoms with van der Waals surface area (Å²) >= 11 is 9.41. The predicted molar refractivity (Wildman–Crippen MR) is 68.2 cm³/mol. The van der Waals surface area contributed by atoms with Gasteiger partial charge < -0.3 is 5.11 Å². The molecule has 0 aliphatic heterocycles. The average molecular weight is 332 g/mol. The molecule has 18 heavy (non-hydrogen) atoms. The molecule has 0 amide bonds. The number of nitrogens with zero attached hydrogens (tertiary/aromatic N) is 4. The zero-order valence-electron chi connectivity index (χ0n) is 9.05. The monoisotopic (exact) mass is 330 g/mol. The van der Waals surface area contributed by atoms with Gasteiger partial charge in [0.25, 0.3) is 0 Å². The van der Waals surface area contributed by atoms with Gasteiger partial charge >= 0.3 is 5.97 Å². The Labute approximate surface area is 116 Å². The number of halogens is 2. The molecular weight excluding hydrogens is 323 g/mol. The molecule has 1 N–H and O–H groups in total. The summed E-state index contributed by atoms with van der Waals surface area (Å²) in [6, 6.07) is 5.31. The van der Waals surface area contributed by atoms with Gasteiger partial charge in [-0.05, 0) is 28.6 Å². The maximum absolute atomic E-state index is 10.5. The molecule has 0 radical (unpaired) electrons. The van der Waals surface area contributed by atoms with Crippen LogP contribution < -0.4 is 0 Å². The van der Waals surface area contributed by atoms with Crippen molar-refractivity contribution in [3.63, 3.8) is 0 Å². The summed E-state index contributed by atoms with van der Waals surface area (Å²) in [6.07, 6.45) is -0.0519. The minimum absolute atomic E-state index is 0.0519. The normalized spacial score (nSPS) is 10.6. The highest BCUT2D eigenvalue weighted by Crippen LogP contribution is 2.28. The molecule has 0 aliphatic rings. The van der Waals surface area contributed by atoms with Crippen LogP contribution in [0, 0.1) is 0 Å². The molecule has 2 rings (SSSR count). The Morgan fingerprint density at radius 3 is 3.00 bits per heavy atom. The SMILES string of the molecule is O=C(O)CCn1nnnc1-c1cc(Br)ccc1Cl. The molecule has 0 atom stereocenters. The van der Waals surface area contributed by atoms with Crippen LogP contribution in [0.3, 0.4) is 0 Å². The summed E-state index contributed by atoms with van der Waals surface area (Å²) in [7, 11) is 0. The maximum atomic E-state index is 10.5. The summed E-state index contributed by atoms with van der Waals surface area (Å²) in [5, 5.41) is 20.3. The van der Waals surface area contributed by atoms with E-state index in [9.17, 15) is 4.79 Å². The number of hydrogen-bond acceptors (Lipinski definition) is 4. The molecule has 8 heteroatoms. The standard InChI is InChI=1S/C10H8BrClN4O2/c11-6-1-2-8(12)7(5-6)10-13-14-15-16(10)4-3-9(17)18/h1-2,5H,3-4H2,(H,17,18). The highest BCUT2D eigenvalue weighted by Gasteiger charge is 2.13. The topological polar surface area (TPSA) is 80.9 Å². The van der Waals surface area contributed by atoms with Crippen molar-refractivity contribution in [3.8, 4) is 11.4 Å². The predicted octanol–water partition coefficient (Wildman–Crippen LogP) is 2.23. The van der Waals surface area contributed by atoms with Gasteiger partial charge in [0.15, 0.2) is 5.82 Å². The van der Waals surface area contributed by atoms with Crippen LogP contribution in [0.4, 0.5) is 0 Å². The minimum Gasteiger partial charge on any atom is -0.481 e. The Hall–Kier alpha value is -1.47. The largest absolute Gasteiger partial charge is 0.481 e. The van der Waals surface area contributed by atoms with E-state index in [1.807, 2.05) is 0 Å². The Morgan fingerprint density at radius 1 is 1.50 bits per heavy atom. The van der Waals surface area contributed by atoms with E-state index in [1.54, 1.807) is 18.2 Å². The van der Waals surface area contributed by atoms with Crippen LogP contribution in [-0.2, 0) is 11.3 Å². The number of carbonyl (C=O) groups is 1. The molecule has 2 aromatic rings. The lowest BCUT2D eigenvalue weighted by Gasteiger charge is -2.05. The lowest BCUT2D eigenvalue weighted by molar-refractivity contribution is -0.137. The van der Waals surface area contributed by atoms with Gasteiger partial charge in [-0.15, -0.1) is 5.10 Å². The number of carboxylic acid groups (broad SMARTS) is 1. The van der Waals surface area contributed by atoms with Crippen LogP contribution in [0.2, 0.25) is 5.02 Å². The van der Waals surface area contributed by atoms with Crippen LogP contribution in [-0.4, -0.2) is 31.3 Å². The van der Waals surface area contributed by atoms with Crippen molar-refractivity contribution in [2.75, 3.05) is 0 Å². The lowest BCUT2D eigenvalue weighted by atomic mass is 10.2. The van der Waals surface area contributed by atoms with Gasteiger partial charge in [0.1, 0.15) is 0 Å². The summed E-state index contributed by atoms with van der Waals surface area (Å²) in [5.41, 5.74) is 0.654. The van der Waals surface area contributed by atoms with Crippen LogP contribution in [0.5, 0.6) is 0 Å². The molecular formula is C10H8BrClN4O2. The van der Waals surface area contributed by atoms with E-state index in [0.29, 0.717) is 16.4 Å². The van der Waals surface area contributed by atoms with Gasteiger partial charge in [-0.1, -0.05) is 27.5 Å². The molecule has 0 saturated heterocycles. The van der Waals surface area contributed by atoms with Gasteiger partial charge in [-0.2, -0.15) is 0 Å². The second-order valence-electron chi connectivity index (χ2n) is 3.49. The second-order valence-corrected chi connectivity index (χ2v) is 4.82. The molecule has 0 fully saturated rings. The van der Waals surface area contributed by atoms with Crippen molar-refractivity contribution < 1.29 is 9.90 Å². The van der Waals surface area contributed by atoms with Gasteiger partial charge in [-0.3, -0.25) is 4.79 Å². The number of aryl methyl sites for hydroxylation is 1. The molecule has 0 bridgehead atoms. The first-order valence-electron chi connectivity index (χ1n) is 5.01. The van der Waals surface area contributed by atoms with Crippen molar-refractivity contribution in [2.45, 2.75) is 13.0 Å². The number of hydrogen-bond donors (Lipinski definition) is 1. The number of rotatable bonds is 4. The molecule has 6 nitrogen and oxygen atoms in total. The molecule has 0 spiro atoms. The van der Waals surface area contributed by atoms with E-state index in [-0.39, 0.29) is 13.0 Å². The summed E-state index contributed by atoms with van der Waals surface area (Å²) in [6.45, 7) is 0.195. The summed E-state index contributed by atoms with van der Waals surface area (Å²) < 4.78 is 2.26. The summed E-state index contributed by atoms with van der Waals surface area (Å²) in [5.74, 6) is -0.459. The zero-order chi connectivity index (χ0) is 13.1. The molecule has 1 aromatic heterocycles. The third-order valence-corrected chi connectivity index (χ3v) is 3.06. The van der Waals surface area contributed by atoms with Gasteiger partial charge in [0.2, 0.25) is 0 Å². The zero-order valence-corrected chi connectivity index (χ0v) is 11.4. The van der Waals surface area contributed by atoms with E-state index in [2.05, 4.69) is 31.5 Å². The Bertz CT molecular complexity index is 587. The van der Waals surface area contributed by atoms with Crippen LogP contribution >= 0.6 is 27.5 Å². The molecule has 1 heterocycles. The number of aliphatic carboxylic acids is 1. The maximum Gasteiger partial charge on any atom is 0.305 e. The Morgan fingerprint density at radius 2 is 2.28 bits per heavy atom. The van der Waals surface area contributed by atoms with E-state index in [4.69, 9.17) is 16.7 Å². The number of carboxylic acids is 1. The van der Waals surface area contributed by atoms with Gasteiger partial charge in [0, 0.05) is 10.0 Å². The van der Waals surface area contributed by atoms with E-state index < -0.39 is 5.97 Å². The Kier molecular flexibility index (Phi) is 3.93. The van der Waals surface area contributed by atoms with E-state index in [0.717, 1.165) is 4.47 Å². The number of benzene rings is 1. The van der Waals surface area contributed by atoms with Crippen molar-refractivity contribution in [1.82, 2.24) is 20.2 Å². The number of tetrazole rings is 1. The first-order chi connectivity index (χ1) is 8.58. The smallest absolute Gasteiger partial charge is 0.305 e. The fourth-order valence-electron chi connectivity index (χ4n) is 1.42. The second kappa shape index (κ2) is 5.45. The van der Waals surface area contributed by atoms with Gasteiger partial charge in [0.05, 0.1) is 18.0 Å². The van der Waals surface area contributed by atoms with Crippen molar-refractivity contribution >= 4 is 33.5 Å². The Balaban J connectivity index is 2.36. The van der Waals surface area contributed by atoms with E-state index in [1.165, 1.54) is 4.68 Å². The molecule has 94 valence electrons. The molecule has 0 unspecified atom stereocenters. The lowest BCUT2D eigenvalue weighted by Crippen LogP contribution is -2.07. The third-order valence-electron chi connectivity index (χ3n) is 2.24. The molecule has 0 saturated carbocycles. The van der Waals surface area contributed by atoms with Crippen molar-refractivity contribution in [2.24, 2.45) is 0 Å². The van der Waals surface area contributed by atoms with Crippen LogP contribution in [0.25, 0.3) is 11.4 Å². The first kappa shape index (κ1) is 13.0. The minimum atomic E-state index is -0.906. The van der Waals surface area contributed by atoms with E-state index >= 15 is 0 Å². The number of aromatic nitrogens is 4.